The third-order valence-corrected chi connectivity index (χ3v) is 9.31. The number of piperidine rings is 1. The molecule has 17 heteroatoms. The van der Waals surface area contributed by atoms with Crippen molar-refractivity contribution in [3.05, 3.63) is 124 Å². The van der Waals surface area contributed by atoms with Crippen molar-refractivity contribution in [1.82, 2.24) is 20.5 Å². The second-order valence-corrected chi connectivity index (χ2v) is 13.2. The van der Waals surface area contributed by atoms with Crippen LogP contribution in [0.15, 0.2) is 102 Å². The summed E-state index contributed by atoms with van der Waals surface area (Å²) in [6, 6.07) is 23.5. The molecule has 1 atom stereocenters. The number of benzene rings is 3. The fourth-order valence-electron chi connectivity index (χ4n) is 6.43. The van der Waals surface area contributed by atoms with Crippen LogP contribution in [0.3, 0.4) is 0 Å². The van der Waals surface area contributed by atoms with Gasteiger partial charge in [-0.1, -0.05) is 12.1 Å². The monoisotopic (exact) mass is 786 g/mol. The van der Waals surface area contributed by atoms with E-state index in [1.165, 1.54) is 30.3 Å². The molecule has 5 aromatic rings. The number of nitro groups is 1. The van der Waals surface area contributed by atoms with Crippen molar-refractivity contribution in [2.24, 2.45) is 0 Å². The summed E-state index contributed by atoms with van der Waals surface area (Å²) in [5, 5.41) is 18.7. The molecule has 0 saturated carbocycles. The first-order chi connectivity index (χ1) is 28.0. The Bertz CT molecular complexity index is 2410. The number of nitrogens with one attached hydrogen (secondary N) is 3. The number of hydrogen-bond donors (Lipinski definition) is 3. The summed E-state index contributed by atoms with van der Waals surface area (Å²) in [5.74, 6) is -2.78. The molecule has 7 rings (SSSR count). The van der Waals surface area contributed by atoms with Crippen LogP contribution in [0.5, 0.6) is 0 Å². The van der Waals surface area contributed by atoms with Crippen LogP contribution in [0.2, 0.25) is 0 Å². The molecule has 0 radical (unpaired) electrons. The molecule has 0 aliphatic carbocycles. The highest BCUT2D eigenvalue weighted by molar-refractivity contribution is 6.24. The van der Waals surface area contributed by atoms with Crippen molar-refractivity contribution in [2.75, 3.05) is 38.3 Å². The Morgan fingerprint density at radius 2 is 1.57 bits per heavy atom. The van der Waals surface area contributed by atoms with Crippen molar-refractivity contribution in [3.63, 3.8) is 0 Å². The largest absolute Gasteiger partial charge is 0.463 e. The van der Waals surface area contributed by atoms with Gasteiger partial charge in [-0.2, -0.15) is 0 Å². The zero-order valence-corrected chi connectivity index (χ0v) is 30.6. The lowest BCUT2D eigenvalue weighted by Gasteiger charge is -2.27. The number of ether oxygens (including phenoxy) is 2. The molecule has 3 aromatic carbocycles. The summed E-state index contributed by atoms with van der Waals surface area (Å²) >= 11 is 0. The number of imide groups is 2. The first-order valence-electron chi connectivity index (χ1n) is 18.1. The molecule has 17 nitrogen and oxygen atoms in total. The molecular formula is C41H34N6O11. The van der Waals surface area contributed by atoms with Crippen molar-refractivity contribution >= 4 is 46.8 Å². The van der Waals surface area contributed by atoms with Crippen LogP contribution in [0.4, 0.5) is 11.4 Å². The summed E-state index contributed by atoms with van der Waals surface area (Å²) in [4.78, 5) is 91.2. The van der Waals surface area contributed by atoms with Crippen molar-refractivity contribution < 1.29 is 47.6 Å². The SMILES string of the molecule is O=C1CCC(N2C(=O)c3ccc(NC(=O)COCCOCCNC(=O)c4ccc(-c5cc(-c6ccc([N+](=O)[O-])cc6)nc(-c6ccco6)c5)cc4)cc3C2=O)C(=O)N1. The predicted octanol–water partition coefficient (Wildman–Crippen LogP) is 4.39. The molecule has 0 bridgehead atoms. The molecule has 6 amide bonds. The number of hydrogen-bond acceptors (Lipinski definition) is 12. The Labute approximate surface area is 329 Å². The molecule has 1 saturated heterocycles. The number of carbonyl (C=O) groups is 6. The van der Waals surface area contributed by atoms with Gasteiger partial charge in [0.15, 0.2) is 5.76 Å². The van der Waals surface area contributed by atoms with E-state index in [1.807, 2.05) is 24.3 Å². The standard InChI is InChI=1S/C41H34N6O11/c48-36-14-13-34(39(51)45-36)46-40(52)30-12-9-28(22-31(30)41(46)53)43-37(49)23-57-19-18-56-17-15-42-38(50)26-5-3-24(4-6-26)27-20-32(25-7-10-29(11-8-25)47(54)55)44-33(21-27)35-2-1-16-58-35/h1-12,16,20-22,34H,13-15,17-19,23H2,(H,42,50)(H,43,49)(H,45,48,51). The van der Waals surface area contributed by atoms with Gasteiger partial charge in [0.05, 0.1) is 47.8 Å². The highest BCUT2D eigenvalue weighted by Crippen LogP contribution is 2.32. The highest BCUT2D eigenvalue weighted by atomic mass is 16.6. The van der Waals surface area contributed by atoms with Gasteiger partial charge in [-0.25, -0.2) is 4.98 Å². The highest BCUT2D eigenvalue weighted by Gasteiger charge is 2.44. The van der Waals surface area contributed by atoms with Crippen LogP contribution in [-0.4, -0.2) is 89.3 Å². The van der Waals surface area contributed by atoms with Crippen LogP contribution in [-0.2, 0) is 23.9 Å². The van der Waals surface area contributed by atoms with Gasteiger partial charge in [-0.15, -0.1) is 0 Å². The first kappa shape index (κ1) is 38.9. The first-order valence-corrected chi connectivity index (χ1v) is 18.1. The third-order valence-electron chi connectivity index (χ3n) is 9.31. The van der Waals surface area contributed by atoms with E-state index in [-0.39, 0.29) is 74.2 Å². The maximum absolute atomic E-state index is 13.0. The van der Waals surface area contributed by atoms with Crippen molar-refractivity contribution in [3.8, 4) is 33.8 Å². The topological polar surface area (TPSA) is 229 Å². The number of anilines is 1. The minimum atomic E-state index is -1.09. The number of nitrogens with zero attached hydrogens (tertiary/aromatic N) is 3. The van der Waals surface area contributed by atoms with E-state index in [0.29, 0.717) is 28.3 Å². The Hall–Kier alpha value is -7.37. The summed E-state index contributed by atoms with van der Waals surface area (Å²) < 4.78 is 16.5. The van der Waals surface area contributed by atoms with Crippen LogP contribution < -0.4 is 16.0 Å². The zero-order valence-electron chi connectivity index (χ0n) is 30.6. The van der Waals surface area contributed by atoms with Crippen LogP contribution in [0.25, 0.3) is 33.8 Å². The maximum Gasteiger partial charge on any atom is 0.269 e. The average molecular weight is 787 g/mol. The van der Waals surface area contributed by atoms with E-state index in [9.17, 15) is 38.9 Å². The number of pyridine rings is 1. The van der Waals surface area contributed by atoms with Gasteiger partial charge >= 0.3 is 0 Å². The number of fused-ring (bicyclic) bond motifs is 1. The lowest BCUT2D eigenvalue weighted by atomic mass is 10.00. The zero-order chi connectivity index (χ0) is 40.8. The molecule has 2 aliphatic rings. The Kier molecular flexibility index (Phi) is 11.5. The minimum absolute atomic E-state index is 0.00619. The average Bonchev–Trinajstić information content (AvgIpc) is 3.85. The van der Waals surface area contributed by atoms with Gasteiger partial charge in [-0.3, -0.25) is 49.1 Å². The number of carbonyl (C=O) groups excluding carboxylic acids is 6. The minimum Gasteiger partial charge on any atom is -0.463 e. The Morgan fingerprint density at radius 1 is 0.845 bits per heavy atom. The van der Waals surface area contributed by atoms with Crippen LogP contribution in [0, 0.1) is 10.1 Å². The van der Waals surface area contributed by atoms with Gasteiger partial charge in [0, 0.05) is 41.9 Å². The fraction of sp³-hybridized carbons (Fsp3) is 0.195. The number of amides is 6. The molecule has 1 unspecified atom stereocenters. The van der Waals surface area contributed by atoms with E-state index in [1.54, 1.807) is 42.7 Å². The van der Waals surface area contributed by atoms with Gasteiger partial charge in [0.1, 0.15) is 18.3 Å². The van der Waals surface area contributed by atoms with Crippen LogP contribution in [0.1, 0.15) is 43.9 Å². The molecule has 4 heterocycles. The van der Waals surface area contributed by atoms with Gasteiger partial charge in [0.2, 0.25) is 17.7 Å². The molecule has 0 spiro atoms. The molecule has 294 valence electrons. The van der Waals surface area contributed by atoms with Crippen molar-refractivity contribution in [2.45, 2.75) is 18.9 Å². The molecule has 1 fully saturated rings. The van der Waals surface area contributed by atoms with Gasteiger partial charge in [0.25, 0.3) is 23.4 Å². The summed E-state index contributed by atoms with van der Waals surface area (Å²) in [5.41, 5.74) is 4.24. The molecule has 2 aromatic heterocycles. The fourth-order valence-corrected chi connectivity index (χ4v) is 6.43. The molecular weight excluding hydrogens is 752 g/mol. The van der Waals surface area contributed by atoms with E-state index < -0.39 is 40.5 Å². The second-order valence-electron chi connectivity index (χ2n) is 13.2. The van der Waals surface area contributed by atoms with Gasteiger partial charge in [-0.05, 0) is 84.3 Å². The predicted molar refractivity (Wildman–Crippen MR) is 205 cm³/mol. The number of aromatic nitrogens is 1. The lowest BCUT2D eigenvalue weighted by molar-refractivity contribution is -0.384. The quantitative estimate of drug-likeness (QED) is 0.0581. The Balaban J connectivity index is 0.836. The van der Waals surface area contributed by atoms with E-state index in [0.717, 1.165) is 16.0 Å². The van der Waals surface area contributed by atoms with E-state index >= 15 is 0 Å². The van der Waals surface area contributed by atoms with Crippen molar-refractivity contribution in [1.29, 1.82) is 0 Å². The normalized spacial score (nSPS) is 14.9. The van der Waals surface area contributed by atoms with E-state index in [2.05, 4.69) is 16.0 Å². The molecule has 3 N–H and O–H groups in total. The Morgan fingerprint density at radius 3 is 2.29 bits per heavy atom. The molecule has 58 heavy (non-hydrogen) atoms. The van der Waals surface area contributed by atoms with E-state index in [4.69, 9.17) is 18.9 Å². The summed E-state index contributed by atoms with van der Waals surface area (Å²) in [7, 11) is 0. The number of rotatable bonds is 15. The van der Waals surface area contributed by atoms with Gasteiger partial charge < -0.3 is 24.5 Å². The maximum atomic E-state index is 13.0. The summed E-state index contributed by atoms with van der Waals surface area (Å²) in [6.07, 6.45) is 1.58. The third kappa shape index (κ3) is 8.70. The smallest absolute Gasteiger partial charge is 0.269 e. The molecule has 2 aliphatic heterocycles. The number of nitro benzene ring substituents is 1. The lowest BCUT2D eigenvalue weighted by Crippen LogP contribution is -2.54. The second kappa shape index (κ2) is 17.2. The number of furan rings is 1. The summed E-state index contributed by atoms with van der Waals surface area (Å²) in [6.45, 7) is 0.331. The number of non-ortho nitro benzene ring substituents is 1. The van der Waals surface area contributed by atoms with Crippen LogP contribution >= 0.6 is 0 Å².